The van der Waals surface area contributed by atoms with E-state index >= 15 is 0 Å². The van der Waals surface area contributed by atoms with Gasteiger partial charge in [0.05, 0.1) is 16.1 Å². The molecular weight excluding hydrogens is 281 g/mol. The highest BCUT2D eigenvalue weighted by Gasteiger charge is 2.18. The van der Waals surface area contributed by atoms with Gasteiger partial charge in [0.2, 0.25) is 0 Å². The Kier molecular flexibility index (Phi) is 5.96. The predicted octanol–water partition coefficient (Wildman–Crippen LogP) is 4.60. The maximum absolute atomic E-state index is 6.28. The van der Waals surface area contributed by atoms with Crippen LogP contribution in [0.5, 0.6) is 0 Å². The third-order valence-corrected chi connectivity index (χ3v) is 4.58. The van der Waals surface area contributed by atoms with Gasteiger partial charge in [-0.25, -0.2) is 0 Å². The third kappa shape index (κ3) is 4.09. The van der Waals surface area contributed by atoms with Crippen LogP contribution in [0.25, 0.3) is 0 Å². The zero-order valence-corrected chi connectivity index (χ0v) is 12.8. The summed E-state index contributed by atoms with van der Waals surface area (Å²) in [5.41, 5.74) is 1.09. The summed E-state index contributed by atoms with van der Waals surface area (Å²) in [6, 6.07) is 6.08. The summed E-state index contributed by atoms with van der Waals surface area (Å²) in [6.45, 7) is 0.931. The fourth-order valence-corrected chi connectivity index (χ4v) is 3.11. The van der Waals surface area contributed by atoms with Crippen molar-refractivity contribution in [2.75, 3.05) is 13.7 Å². The second-order valence-electron chi connectivity index (χ2n) is 5.05. The smallest absolute Gasteiger partial charge is 0.0640 e. The van der Waals surface area contributed by atoms with Crippen LogP contribution in [0.2, 0.25) is 10.0 Å². The number of hydrogen-bond acceptors (Lipinski definition) is 2. The molecule has 0 amide bonds. The predicted molar refractivity (Wildman–Crippen MR) is 81.1 cm³/mol. The van der Waals surface area contributed by atoms with Crippen molar-refractivity contribution >= 4 is 23.2 Å². The van der Waals surface area contributed by atoms with E-state index in [0.29, 0.717) is 16.1 Å². The molecule has 4 heteroatoms. The number of rotatable bonds is 6. The van der Waals surface area contributed by atoms with Gasteiger partial charge in [0, 0.05) is 12.6 Å². The van der Waals surface area contributed by atoms with Crippen LogP contribution in [0.3, 0.4) is 0 Å². The second-order valence-corrected chi connectivity index (χ2v) is 5.84. The molecule has 0 aliphatic carbocycles. The lowest BCUT2D eigenvalue weighted by molar-refractivity contribution is 0.101. The molecule has 2 nitrogen and oxygen atoms in total. The summed E-state index contributed by atoms with van der Waals surface area (Å²) < 4.78 is 5.65. The fourth-order valence-electron chi connectivity index (χ4n) is 2.67. The van der Waals surface area contributed by atoms with E-state index in [4.69, 9.17) is 27.9 Å². The van der Waals surface area contributed by atoms with E-state index in [2.05, 4.69) is 5.32 Å². The summed E-state index contributed by atoms with van der Waals surface area (Å²) in [5.74, 6) is 0. The van der Waals surface area contributed by atoms with Crippen LogP contribution in [0.1, 0.15) is 43.7 Å². The normalized spacial score (nSPS) is 20.7. The Morgan fingerprint density at radius 3 is 2.95 bits per heavy atom. The van der Waals surface area contributed by atoms with Gasteiger partial charge in [-0.1, -0.05) is 35.3 Å². The number of ether oxygens (including phenoxy) is 1. The summed E-state index contributed by atoms with van der Waals surface area (Å²) in [4.78, 5) is 0. The molecule has 0 radical (unpaired) electrons. The molecule has 0 aromatic heterocycles. The van der Waals surface area contributed by atoms with Crippen molar-refractivity contribution in [3.05, 3.63) is 33.8 Å². The minimum absolute atomic E-state index is 0.257. The molecule has 1 heterocycles. The molecule has 2 unspecified atom stereocenters. The van der Waals surface area contributed by atoms with Gasteiger partial charge in [-0.05, 0) is 50.8 Å². The Balaban J connectivity index is 1.90. The third-order valence-electron chi connectivity index (χ3n) is 3.75. The van der Waals surface area contributed by atoms with Gasteiger partial charge < -0.3 is 10.1 Å². The van der Waals surface area contributed by atoms with E-state index in [0.717, 1.165) is 31.4 Å². The first-order valence-corrected chi connectivity index (χ1v) is 7.70. The molecule has 19 heavy (non-hydrogen) atoms. The standard InChI is InChI=1S/C15H21Cl2NO/c1-18-14(9-2-5-11-6-4-10-19-11)12-7-3-8-13(16)15(12)17/h3,7-8,11,14,18H,2,4-6,9-10H2,1H3. The zero-order chi connectivity index (χ0) is 13.7. The van der Waals surface area contributed by atoms with Crippen molar-refractivity contribution in [2.24, 2.45) is 0 Å². The van der Waals surface area contributed by atoms with E-state index in [9.17, 15) is 0 Å². The van der Waals surface area contributed by atoms with Crippen molar-refractivity contribution in [2.45, 2.75) is 44.2 Å². The molecule has 2 atom stereocenters. The second kappa shape index (κ2) is 7.49. The lowest BCUT2D eigenvalue weighted by atomic mass is 9.99. The van der Waals surface area contributed by atoms with Crippen molar-refractivity contribution < 1.29 is 4.74 Å². The Labute approximate surface area is 125 Å². The molecule has 1 N–H and O–H groups in total. The first-order valence-electron chi connectivity index (χ1n) is 6.95. The SMILES string of the molecule is CNC(CCCC1CCCO1)c1cccc(Cl)c1Cl. The van der Waals surface area contributed by atoms with Gasteiger partial charge in [-0.2, -0.15) is 0 Å². The summed E-state index contributed by atoms with van der Waals surface area (Å²) in [5, 5.41) is 4.62. The lowest BCUT2D eigenvalue weighted by Crippen LogP contribution is -2.17. The Morgan fingerprint density at radius 2 is 2.26 bits per heavy atom. The highest BCUT2D eigenvalue weighted by atomic mass is 35.5. The lowest BCUT2D eigenvalue weighted by Gasteiger charge is -2.19. The van der Waals surface area contributed by atoms with Gasteiger partial charge in [0.15, 0.2) is 0 Å². The minimum atomic E-state index is 0.257. The van der Waals surface area contributed by atoms with E-state index in [1.807, 2.05) is 25.2 Å². The molecule has 0 saturated carbocycles. The molecule has 1 aliphatic rings. The van der Waals surface area contributed by atoms with Crippen LogP contribution in [0.15, 0.2) is 18.2 Å². The van der Waals surface area contributed by atoms with Gasteiger partial charge >= 0.3 is 0 Å². The first-order chi connectivity index (χ1) is 9.22. The maximum atomic E-state index is 6.28. The van der Waals surface area contributed by atoms with Crippen LogP contribution < -0.4 is 5.32 Å². The highest BCUT2D eigenvalue weighted by Crippen LogP contribution is 2.32. The average Bonchev–Trinajstić information content (AvgIpc) is 2.92. The fraction of sp³-hybridized carbons (Fsp3) is 0.600. The molecular formula is C15H21Cl2NO. The molecule has 1 aliphatic heterocycles. The summed E-state index contributed by atoms with van der Waals surface area (Å²) >= 11 is 12.3. The van der Waals surface area contributed by atoms with Gasteiger partial charge in [-0.15, -0.1) is 0 Å². The molecule has 0 bridgehead atoms. The van der Waals surface area contributed by atoms with Crippen LogP contribution in [-0.4, -0.2) is 19.8 Å². The summed E-state index contributed by atoms with van der Waals surface area (Å²) in [7, 11) is 1.97. The maximum Gasteiger partial charge on any atom is 0.0640 e. The van der Waals surface area contributed by atoms with Crippen LogP contribution in [0, 0.1) is 0 Å². The Bertz CT molecular complexity index is 405. The van der Waals surface area contributed by atoms with Crippen molar-refractivity contribution in [1.29, 1.82) is 0 Å². The number of halogens is 2. The topological polar surface area (TPSA) is 21.3 Å². The van der Waals surface area contributed by atoms with Crippen LogP contribution in [-0.2, 0) is 4.74 Å². The molecule has 2 rings (SSSR count). The van der Waals surface area contributed by atoms with E-state index < -0.39 is 0 Å². The van der Waals surface area contributed by atoms with Gasteiger partial charge in [0.25, 0.3) is 0 Å². The van der Waals surface area contributed by atoms with Crippen molar-refractivity contribution in [1.82, 2.24) is 5.32 Å². The molecule has 106 valence electrons. The number of hydrogen-bond donors (Lipinski definition) is 1. The summed E-state index contributed by atoms with van der Waals surface area (Å²) in [6.07, 6.45) is 6.21. The minimum Gasteiger partial charge on any atom is -0.378 e. The zero-order valence-electron chi connectivity index (χ0n) is 11.3. The Morgan fingerprint density at radius 1 is 1.42 bits per heavy atom. The quantitative estimate of drug-likeness (QED) is 0.829. The van der Waals surface area contributed by atoms with Gasteiger partial charge in [0.1, 0.15) is 0 Å². The van der Waals surface area contributed by atoms with E-state index in [1.165, 1.54) is 12.8 Å². The highest BCUT2D eigenvalue weighted by molar-refractivity contribution is 6.42. The first kappa shape index (κ1) is 15.1. The van der Waals surface area contributed by atoms with Crippen LogP contribution in [0.4, 0.5) is 0 Å². The molecule has 1 aromatic rings. The number of nitrogens with one attached hydrogen (secondary N) is 1. The van der Waals surface area contributed by atoms with E-state index in [1.54, 1.807) is 0 Å². The largest absolute Gasteiger partial charge is 0.378 e. The van der Waals surface area contributed by atoms with Crippen LogP contribution >= 0.6 is 23.2 Å². The monoisotopic (exact) mass is 301 g/mol. The molecule has 1 aromatic carbocycles. The number of benzene rings is 1. The van der Waals surface area contributed by atoms with Gasteiger partial charge in [-0.3, -0.25) is 0 Å². The van der Waals surface area contributed by atoms with Crippen molar-refractivity contribution in [3.63, 3.8) is 0 Å². The Hall–Kier alpha value is -0.280. The average molecular weight is 302 g/mol. The van der Waals surface area contributed by atoms with E-state index in [-0.39, 0.29) is 6.04 Å². The molecule has 1 saturated heterocycles. The van der Waals surface area contributed by atoms with Crippen molar-refractivity contribution in [3.8, 4) is 0 Å². The molecule has 1 fully saturated rings. The molecule has 0 spiro atoms.